The molecule has 0 atom stereocenters. The number of rotatable bonds is 3. The number of aryl methyl sites for hydroxylation is 2. The lowest BCUT2D eigenvalue weighted by Crippen LogP contribution is -2.26. The first kappa shape index (κ1) is 17.0. The second kappa shape index (κ2) is 6.05. The number of hydrogen-bond acceptors (Lipinski definition) is 5. The van der Waals surface area contributed by atoms with E-state index in [1.807, 2.05) is 36.7 Å². The number of fused-ring (bicyclic) bond motifs is 1. The minimum absolute atomic E-state index is 0.0475. The number of nitrogens with zero attached hydrogens (tertiary/aromatic N) is 3. The van der Waals surface area contributed by atoms with Crippen molar-refractivity contribution in [2.24, 2.45) is 7.05 Å². The number of amidine groups is 1. The van der Waals surface area contributed by atoms with Crippen LogP contribution in [0.25, 0.3) is 16.6 Å². The molecule has 138 valence electrons. The van der Waals surface area contributed by atoms with Gasteiger partial charge in [-0.15, -0.1) is 0 Å². The molecule has 0 aliphatic carbocycles. The molecule has 3 N–H and O–H groups in total. The Morgan fingerprint density at radius 1 is 1.15 bits per heavy atom. The summed E-state index contributed by atoms with van der Waals surface area (Å²) in [6.45, 7) is 2.02. The zero-order valence-corrected chi connectivity index (χ0v) is 15.3. The summed E-state index contributed by atoms with van der Waals surface area (Å²) in [4.78, 5) is 6.18. The number of imidazole rings is 1. The minimum atomic E-state index is 0.0475. The molecule has 0 radical (unpaired) electrons. The van der Waals surface area contributed by atoms with Crippen LogP contribution in [0.4, 0.5) is 5.69 Å². The summed E-state index contributed by atoms with van der Waals surface area (Å²) in [5, 5.41) is 29.4. The summed E-state index contributed by atoms with van der Waals surface area (Å²) in [6.07, 6.45) is 0. The van der Waals surface area contributed by atoms with E-state index in [1.165, 1.54) is 0 Å². The van der Waals surface area contributed by atoms with Crippen LogP contribution in [0, 0.1) is 12.3 Å². The Bertz CT molecular complexity index is 1110. The van der Waals surface area contributed by atoms with Gasteiger partial charge in [-0.05, 0) is 36.8 Å². The number of aromatic nitrogens is 2. The highest BCUT2D eigenvalue weighted by atomic mass is 16.5. The number of anilines is 1. The van der Waals surface area contributed by atoms with Crippen molar-refractivity contribution in [3.8, 4) is 11.5 Å². The lowest BCUT2D eigenvalue weighted by atomic mass is 10.2. The summed E-state index contributed by atoms with van der Waals surface area (Å²) >= 11 is 0. The number of hydrogen-bond donors (Lipinski definition) is 3. The van der Waals surface area contributed by atoms with Gasteiger partial charge in [-0.1, -0.05) is 6.07 Å². The van der Waals surface area contributed by atoms with Gasteiger partial charge in [0.05, 0.1) is 35.9 Å². The number of aliphatic hydroxyl groups excluding tert-OH is 1. The van der Waals surface area contributed by atoms with Gasteiger partial charge in [0.15, 0.2) is 0 Å². The molecule has 2 aromatic carbocycles. The lowest BCUT2D eigenvalue weighted by molar-refractivity contribution is 0.410. The van der Waals surface area contributed by atoms with Gasteiger partial charge >= 0.3 is 0 Å². The normalized spacial score (nSPS) is 14.5. The molecule has 2 heterocycles. The standard InChI is InChI=1S/C20H20N4O3/c1-11-4-7-16(25)15(8-11)24-10-17(26)18(19(24)21)20-22-13-9-12(27-3)5-6-14(13)23(20)2/h4-9,21,25-26H,10H2,1-3H3. The molecule has 0 saturated heterocycles. The molecule has 3 aromatic rings. The largest absolute Gasteiger partial charge is 0.509 e. The average Bonchev–Trinajstić information content (AvgIpc) is 3.12. The van der Waals surface area contributed by atoms with E-state index in [0.29, 0.717) is 22.8 Å². The van der Waals surface area contributed by atoms with Crippen LogP contribution < -0.4 is 9.64 Å². The summed E-state index contributed by atoms with van der Waals surface area (Å²) in [5.41, 5.74) is 3.39. The summed E-state index contributed by atoms with van der Waals surface area (Å²) in [5.74, 6) is 1.40. The first-order chi connectivity index (χ1) is 12.9. The average molecular weight is 364 g/mol. The summed E-state index contributed by atoms with van der Waals surface area (Å²) in [6, 6.07) is 10.7. The maximum absolute atomic E-state index is 10.6. The van der Waals surface area contributed by atoms with E-state index in [2.05, 4.69) is 4.98 Å². The monoisotopic (exact) mass is 364 g/mol. The van der Waals surface area contributed by atoms with Crippen LogP contribution in [0.5, 0.6) is 11.5 Å². The van der Waals surface area contributed by atoms with Crippen molar-refractivity contribution in [2.45, 2.75) is 6.92 Å². The van der Waals surface area contributed by atoms with Crippen molar-refractivity contribution in [1.82, 2.24) is 9.55 Å². The van der Waals surface area contributed by atoms with Crippen LogP contribution in [-0.2, 0) is 7.05 Å². The molecule has 0 fully saturated rings. The quantitative estimate of drug-likeness (QED) is 0.662. The van der Waals surface area contributed by atoms with Crippen molar-refractivity contribution < 1.29 is 14.9 Å². The molecule has 1 aliphatic rings. The number of methoxy groups -OCH3 is 1. The molecule has 0 bridgehead atoms. The van der Waals surface area contributed by atoms with Crippen LogP contribution in [0.3, 0.4) is 0 Å². The van der Waals surface area contributed by atoms with Gasteiger partial charge in [0, 0.05) is 13.1 Å². The molecule has 4 rings (SSSR count). The maximum atomic E-state index is 10.6. The number of phenols is 1. The first-order valence-corrected chi connectivity index (χ1v) is 8.49. The van der Waals surface area contributed by atoms with Crippen LogP contribution in [0.1, 0.15) is 11.4 Å². The number of ether oxygens (including phenoxy) is 1. The molecule has 0 amide bonds. The second-order valence-corrected chi connectivity index (χ2v) is 6.60. The van der Waals surface area contributed by atoms with Gasteiger partial charge in [-0.3, -0.25) is 5.41 Å². The van der Waals surface area contributed by atoms with Crippen molar-refractivity contribution in [1.29, 1.82) is 5.41 Å². The van der Waals surface area contributed by atoms with Crippen LogP contribution >= 0.6 is 0 Å². The third kappa shape index (κ3) is 2.59. The molecule has 1 aromatic heterocycles. The van der Waals surface area contributed by atoms with E-state index in [0.717, 1.165) is 16.6 Å². The van der Waals surface area contributed by atoms with Crippen molar-refractivity contribution in [3.05, 3.63) is 53.5 Å². The lowest BCUT2D eigenvalue weighted by Gasteiger charge is -2.20. The van der Waals surface area contributed by atoms with E-state index >= 15 is 0 Å². The van der Waals surface area contributed by atoms with E-state index in [4.69, 9.17) is 10.1 Å². The highest BCUT2D eigenvalue weighted by Gasteiger charge is 2.33. The predicted molar refractivity (Wildman–Crippen MR) is 105 cm³/mol. The summed E-state index contributed by atoms with van der Waals surface area (Å²) in [7, 11) is 3.44. The van der Waals surface area contributed by atoms with Gasteiger partial charge < -0.3 is 24.4 Å². The van der Waals surface area contributed by atoms with Crippen molar-refractivity contribution in [3.63, 3.8) is 0 Å². The van der Waals surface area contributed by atoms with Crippen LogP contribution in [0.2, 0.25) is 0 Å². The third-order valence-corrected chi connectivity index (χ3v) is 4.84. The van der Waals surface area contributed by atoms with Gasteiger partial charge in [-0.2, -0.15) is 0 Å². The van der Waals surface area contributed by atoms with Crippen molar-refractivity contribution in [2.75, 3.05) is 18.6 Å². The molecular formula is C20H20N4O3. The van der Waals surface area contributed by atoms with Gasteiger partial charge in [0.25, 0.3) is 0 Å². The minimum Gasteiger partial charge on any atom is -0.509 e. The van der Waals surface area contributed by atoms with Gasteiger partial charge in [0.1, 0.15) is 28.9 Å². The SMILES string of the molecule is COc1ccc2c(c1)nc(C1=C(O)CN(c3cc(C)ccc3O)C1=N)n2C. The highest BCUT2D eigenvalue weighted by Crippen LogP contribution is 2.36. The topological polar surface area (TPSA) is 94.6 Å². The molecular weight excluding hydrogens is 344 g/mol. The van der Waals surface area contributed by atoms with Crippen molar-refractivity contribution >= 4 is 28.1 Å². The Hall–Kier alpha value is -3.48. The fraction of sp³-hybridized carbons (Fsp3) is 0.200. The molecule has 7 heteroatoms. The highest BCUT2D eigenvalue weighted by molar-refractivity contribution is 6.30. The zero-order valence-electron chi connectivity index (χ0n) is 15.3. The fourth-order valence-electron chi connectivity index (χ4n) is 3.40. The molecule has 0 saturated carbocycles. The van der Waals surface area contributed by atoms with Crippen LogP contribution in [-0.4, -0.2) is 39.3 Å². The molecule has 7 nitrogen and oxygen atoms in total. The number of nitrogens with one attached hydrogen (secondary N) is 1. The number of aliphatic hydroxyl groups is 1. The molecule has 0 spiro atoms. The van der Waals surface area contributed by atoms with Gasteiger partial charge in [-0.25, -0.2) is 4.98 Å². The molecule has 1 aliphatic heterocycles. The first-order valence-electron chi connectivity index (χ1n) is 8.49. The Morgan fingerprint density at radius 2 is 1.93 bits per heavy atom. The Labute approximate surface area is 156 Å². The third-order valence-electron chi connectivity index (χ3n) is 4.84. The second-order valence-electron chi connectivity index (χ2n) is 6.60. The smallest absolute Gasteiger partial charge is 0.148 e. The number of benzene rings is 2. The van der Waals surface area contributed by atoms with E-state index in [-0.39, 0.29) is 23.9 Å². The van der Waals surface area contributed by atoms with E-state index in [1.54, 1.807) is 30.2 Å². The number of phenolic OH excluding ortho intramolecular Hbond substituents is 1. The predicted octanol–water partition coefficient (Wildman–Crippen LogP) is 3.36. The molecule has 0 unspecified atom stereocenters. The van der Waals surface area contributed by atoms with E-state index in [9.17, 15) is 10.2 Å². The fourth-order valence-corrected chi connectivity index (χ4v) is 3.40. The number of aromatic hydroxyl groups is 1. The summed E-state index contributed by atoms with van der Waals surface area (Å²) < 4.78 is 7.09. The van der Waals surface area contributed by atoms with Crippen LogP contribution in [0.15, 0.2) is 42.2 Å². The maximum Gasteiger partial charge on any atom is 0.148 e. The Kier molecular flexibility index (Phi) is 3.80. The van der Waals surface area contributed by atoms with Gasteiger partial charge in [0.2, 0.25) is 0 Å². The van der Waals surface area contributed by atoms with E-state index < -0.39 is 0 Å². The Balaban J connectivity index is 1.79. The zero-order chi connectivity index (χ0) is 19.3. The molecule has 27 heavy (non-hydrogen) atoms. The Morgan fingerprint density at radius 3 is 2.67 bits per heavy atom.